The molecule has 0 unspecified atom stereocenters. The van der Waals surface area contributed by atoms with Gasteiger partial charge in [-0.05, 0) is 0 Å². The molecular weight excluding hydrogens is 184 g/mol. The average molecular weight is 195 g/mol. The van der Waals surface area contributed by atoms with Gasteiger partial charge >= 0.3 is 0 Å². The highest BCUT2D eigenvalue weighted by Crippen LogP contribution is 1.99. The van der Waals surface area contributed by atoms with Crippen LogP contribution in [-0.4, -0.2) is 52.1 Å². The van der Waals surface area contributed by atoms with Gasteiger partial charge in [0.15, 0.2) is 0 Å². The van der Waals surface area contributed by atoms with Crippen molar-refractivity contribution in [3.8, 4) is 0 Å². The minimum absolute atomic E-state index is 0.120. The third-order valence-corrected chi connectivity index (χ3v) is 1.65. The van der Waals surface area contributed by atoms with Crippen molar-refractivity contribution in [1.82, 2.24) is 15.7 Å². The maximum atomic E-state index is 8.44. The van der Waals surface area contributed by atoms with E-state index in [-0.39, 0.29) is 5.34 Å². The van der Waals surface area contributed by atoms with Gasteiger partial charge in [0, 0.05) is 24.3 Å². The minimum Gasteiger partial charge on any atom is -0.339 e. The van der Waals surface area contributed by atoms with Gasteiger partial charge in [-0.25, -0.2) is 5.43 Å². The first-order chi connectivity index (χ1) is 5.74. The number of hydrazine groups is 1. The van der Waals surface area contributed by atoms with Crippen LogP contribution in [-0.2, 0) is 0 Å². The van der Waals surface area contributed by atoms with E-state index in [4.69, 9.17) is 22.0 Å². The van der Waals surface area contributed by atoms with Gasteiger partial charge < -0.3 is 4.90 Å². The molecule has 0 radical (unpaired) electrons. The number of aliphatic imine (C=N–C) groups is 1. The third-order valence-electron chi connectivity index (χ3n) is 1.49. The summed E-state index contributed by atoms with van der Waals surface area (Å²) < 4.78 is 0. The lowest BCUT2D eigenvalue weighted by molar-refractivity contribution is -0.330. The van der Waals surface area contributed by atoms with Crippen molar-refractivity contribution in [2.75, 3.05) is 25.5 Å². The second-order valence-corrected chi connectivity index (χ2v) is 2.66. The Bertz CT molecular complexity index is 175. The number of nitrogens with one attached hydrogen (secondary N) is 1. The van der Waals surface area contributed by atoms with E-state index < -0.39 is 0 Å². The second-order valence-electron chi connectivity index (χ2n) is 2.28. The molecule has 1 aliphatic rings. The molecule has 0 aromatic rings. The van der Waals surface area contributed by atoms with E-state index in [1.165, 1.54) is 0 Å². The molecule has 70 valence electrons. The Kier molecular flexibility index (Phi) is 3.54. The zero-order valence-electron chi connectivity index (χ0n) is 6.44. The monoisotopic (exact) mass is 194 g/mol. The molecule has 0 saturated carbocycles. The Balaban J connectivity index is 2.39. The normalized spacial score (nSPS) is 17.0. The Morgan fingerprint density at radius 2 is 2.42 bits per heavy atom. The van der Waals surface area contributed by atoms with E-state index in [0.29, 0.717) is 24.9 Å². The molecule has 1 aliphatic heterocycles. The number of halogens is 1. The highest BCUT2D eigenvalue weighted by Gasteiger charge is 2.16. The van der Waals surface area contributed by atoms with Crippen LogP contribution in [0, 0.1) is 0 Å². The molecule has 0 fully saturated rings. The number of rotatable bonds is 3. The summed E-state index contributed by atoms with van der Waals surface area (Å²) in [7, 11) is 0. The van der Waals surface area contributed by atoms with E-state index >= 15 is 0 Å². The second kappa shape index (κ2) is 4.46. The van der Waals surface area contributed by atoms with Crippen LogP contribution in [0.4, 0.5) is 0 Å². The fourth-order valence-electron chi connectivity index (χ4n) is 0.998. The van der Waals surface area contributed by atoms with Crippen molar-refractivity contribution in [1.29, 1.82) is 0 Å². The Morgan fingerprint density at radius 1 is 1.67 bits per heavy atom. The molecule has 0 aromatic heterocycles. The van der Waals surface area contributed by atoms with Crippen LogP contribution in [0.15, 0.2) is 4.99 Å². The molecule has 0 amide bonds. The van der Waals surface area contributed by atoms with Gasteiger partial charge in [0.05, 0.1) is 6.54 Å². The van der Waals surface area contributed by atoms with Gasteiger partial charge in [0.25, 0.3) is 0 Å². The summed E-state index contributed by atoms with van der Waals surface area (Å²) >= 11 is 5.52. The zero-order chi connectivity index (χ0) is 8.97. The smallest absolute Gasteiger partial charge is 0.212 e. The maximum absolute atomic E-state index is 8.44. The molecule has 7 heteroatoms. The quantitative estimate of drug-likeness (QED) is 0.417. The number of guanidine groups is 1. The fraction of sp³-hybridized carbons (Fsp3) is 0.800. The van der Waals surface area contributed by atoms with Gasteiger partial charge in [-0.2, -0.15) is 0 Å². The predicted octanol–water partition coefficient (Wildman–Crippen LogP) is -0.518. The standard InChI is InChI=1S/C5H11ClN4O2/c6-1-3-9-4-2-7-5(9)8-10(11)12/h11-12H,1-4H2,(H,7,8). The fourth-order valence-corrected chi connectivity index (χ4v) is 1.20. The molecule has 1 rings (SSSR count). The third kappa shape index (κ3) is 2.49. The highest BCUT2D eigenvalue weighted by atomic mass is 35.5. The van der Waals surface area contributed by atoms with Crippen LogP contribution in [0.5, 0.6) is 0 Å². The van der Waals surface area contributed by atoms with E-state index in [2.05, 4.69) is 10.4 Å². The average Bonchev–Trinajstić information content (AvgIpc) is 2.37. The van der Waals surface area contributed by atoms with Crippen LogP contribution in [0.2, 0.25) is 0 Å². The maximum Gasteiger partial charge on any atom is 0.212 e. The summed E-state index contributed by atoms with van der Waals surface area (Å²) in [6.07, 6.45) is 0. The topological polar surface area (TPSA) is 71.3 Å². The predicted molar refractivity (Wildman–Crippen MR) is 43.1 cm³/mol. The first kappa shape index (κ1) is 9.53. The summed E-state index contributed by atoms with van der Waals surface area (Å²) in [5.41, 5.74) is 2.24. The summed E-state index contributed by atoms with van der Waals surface area (Å²) in [6.45, 7) is 2.04. The first-order valence-electron chi connectivity index (χ1n) is 3.54. The number of hydrogen-bond donors (Lipinski definition) is 3. The summed E-state index contributed by atoms with van der Waals surface area (Å²) in [5.74, 6) is 0.915. The molecule has 0 spiro atoms. The molecule has 0 atom stereocenters. The number of hydrogen-bond acceptors (Lipinski definition) is 6. The van der Waals surface area contributed by atoms with Crippen molar-refractivity contribution in [3.05, 3.63) is 0 Å². The molecule has 0 aliphatic carbocycles. The van der Waals surface area contributed by atoms with Gasteiger partial charge in [0.1, 0.15) is 0 Å². The summed E-state index contributed by atoms with van der Waals surface area (Å²) in [4.78, 5) is 5.81. The highest BCUT2D eigenvalue weighted by molar-refractivity contribution is 6.18. The van der Waals surface area contributed by atoms with Crippen LogP contribution >= 0.6 is 11.6 Å². The zero-order valence-corrected chi connectivity index (χ0v) is 7.20. The molecule has 0 aromatic carbocycles. The van der Waals surface area contributed by atoms with Crippen molar-refractivity contribution in [2.45, 2.75) is 0 Å². The van der Waals surface area contributed by atoms with Crippen LogP contribution < -0.4 is 5.43 Å². The van der Waals surface area contributed by atoms with Gasteiger partial charge in [-0.1, -0.05) is 0 Å². The molecular formula is C5H11ClN4O2. The summed E-state index contributed by atoms with van der Waals surface area (Å²) in [6, 6.07) is 0. The van der Waals surface area contributed by atoms with Crippen molar-refractivity contribution in [2.24, 2.45) is 4.99 Å². The Labute approximate surface area is 74.9 Å². The van der Waals surface area contributed by atoms with Crippen molar-refractivity contribution < 1.29 is 10.4 Å². The van der Waals surface area contributed by atoms with Crippen molar-refractivity contribution in [3.63, 3.8) is 0 Å². The minimum atomic E-state index is -0.120. The van der Waals surface area contributed by atoms with Gasteiger partial charge in [-0.3, -0.25) is 15.4 Å². The van der Waals surface area contributed by atoms with Crippen molar-refractivity contribution >= 4 is 17.6 Å². The molecule has 1 heterocycles. The van der Waals surface area contributed by atoms with Gasteiger partial charge in [0.2, 0.25) is 5.96 Å². The van der Waals surface area contributed by atoms with E-state index in [0.717, 1.165) is 6.54 Å². The van der Waals surface area contributed by atoms with Crippen LogP contribution in [0.3, 0.4) is 0 Å². The van der Waals surface area contributed by atoms with Crippen LogP contribution in [0.1, 0.15) is 0 Å². The summed E-state index contributed by atoms with van der Waals surface area (Å²) in [5, 5.41) is 16.8. The number of alkyl halides is 1. The van der Waals surface area contributed by atoms with Gasteiger partial charge in [-0.15, -0.1) is 11.6 Å². The Hall–Kier alpha value is -0.560. The van der Waals surface area contributed by atoms with E-state index in [9.17, 15) is 0 Å². The van der Waals surface area contributed by atoms with E-state index in [1.54, 1.807) is 0 Å². The lowest BCUT2D eigenvalue weighted by Crippen LogP contribution is -2.46. The first-order valence-corrected chi connectivity index (χ1v) is 4.07. The molecule has 6 nitrogen and oxygen atoms in total. The SMILES string of the molecule is ON(O)NC1=NCCN1CCCl. The Morgan fingerprint density at radius 3 is 3.00 bits per heavy atom. The molecule has 3 N–H and O–H groups in total. The molecule has 12 heavy (non-hydrogen) atoms. The lowest BCUT2D eigenvalue weighted by Gasteiger charge is -2.20. The number of nitrogens with zero attached hydrogens (tertiary/aromatic N) is 3. The molecule has 0 bridgehead atoms. The van der Waals surface area contributed by atoms with Crippen LogP contribution in [0.25, 0.3) is 0 Å². The largest absolute Gasteiger partial charge is 0.339 e. The molecule has 0 saturated heterocycles. The van der Waals surface area contributed by atoms with E-state index in [1.807, 2.05) is 4.90 Å². The lowest BCUT2D eigenvalue weighted by atomic mass is 10.5.